The molecule has 1 aromatic carbocycles. The second kappa shape index (κ2) is 6.20. The van der Waals surface area contributed by atoms with Crippen LogP contribution in [-0.4, -0.2) is 35.2 Å². The van der Waals surface area contributed by atoms with Gasteiger partial charge in [0.1, 0.15) is 5.65 Å². The van der Waals surface area contributed by atoms with Gasteiger partial charge in [0.15, 0.2) is 5.82 Å². The Balaban J connectivity index is 1.64. The van der Waals surface area contributed by atoms with E-state index < -0.39 is 6.03 Å². The SMILES string of the molecule is Cc1cn2c(Nc3cc(C)[nH]n3)nc(-c3c[c]c4c(ccn4C(N)=O)c3)cc2n1. The predicted molar refractivity (Wildman–Crippen MR) is 109 cm³/mol. The van der Waals surface area contributed by atoms with E-state index in [2.05, 4.69) is 26.6 Å². The van der Waals surface area contributed by atoms with Crippen molar-refractivity contribution >= 4 is 34.3 Å². The van der Waals surface area contributed by atoms with Gasteiger partial charge in [0.25, 0.3) is 0 Å². The van der Waals surface area contributed by atoms with E-state index in [1.54, 1.807) is 12.3 Å². The van der Waals surface area contributed by atoms with Gasteiger partial charge in [0.05, 0.1) is 16.9 Å². The molecule has 0 fully saturated rings. The maximum Gasteiger partial charge on any atom is 0.323 e. The highest BCUT2D eigenvalue weighted by Crippen LogP contribution is 2.27. The summed E-state index contributed by atoms with van der Waals surface area (Å²) in [5.41, 5.74) is 10.2. The topological polar surface area (TPSA) is 119 Å². The third-order valence-corrected chi connectivity index (χ3v) is 4.65. The molecule has 29 heavy (non-hydrogen) atoms. The van der Waals surface area contributed by atoms with E-state index in [-0.39, 0.29) is 0 Å². The Labute approximate surface area is 165 Å². The normalized spacial score (nSPS) is 11.4. The summed E-state index contributed by atoms with van der Waals surface area (Å²) < 4.78 is 3.25. The van der Waals surface area contributed by atoms with Gasteiger partial charge in [0.2, 0.25) is 5.95 Å². The molecule has 0 aliphatic rings. The first-order chi connectivity index (χ1) is 14.0. The van der Waals surface area contributed by atoms with E-state index in [9.17, 15) is 4.79 Å². The highest BCUT2D eigenvalue weighted by Gasteiger charge is 2.13. The number of aryl methyl sites for hydroxylation is 2. The molecule has 143 valence electrons. The van der Waals surface area contributed by atoms with Gasteiger partial charge < -0.3 is 11.1 Å². The van der Waals surface area contributed by atoms with Gasteiger partial charge in [-0.1, -0.05) is 0 Å². The standard InChI is InChI=1S/C20H17N8O/c1-11-7-17(26-25-11)24-20-23-15(9-18-22-12(2)10-28(18)20)13-3-4-16-14(8-13)5-6-27(16)19(21)29/h3,5-10H,1-2H3,(H2,21,29)(H2,23,24,25,26). The Hall–Kier alpha value is -4.14. The molecular formula is C20H17N8O. The second-order valence-corrected chi connectivity index (χ2v) is 6.85. The van der Waals surface area contributed by atoms with Crippen LogP contribution in [0.1, 0.15) is 11.4 Å². The summed E-state index contributed by atoms with van der Waals surface area (Å²) in [6.45, 7) is 3.86. The molecule has 5 rings (SSSR count). The van der Waals surface area contributed by atoms with E-state index in [1.165, 1.54) is 4.57 Å². The van der Waals surface area contributed by atoms with Crippen molar-refractivity contribution in [3.8, 4) is 11.3 Å². The van der Waals surface area contributed by atoms with Crippen LogP contribution in [0.3, 0.4) is 0 Å². The molecule has 4 aromatic heterocycles. The van der Waals surface area contributed by atoms with Crippen molar-refractivity contribution < 1.29 is 4.79 Å². The number of carbonyl (C=O) groups is 1. The molecule has 0 atom stereocenters. The van der Waals surface area contributed by atoms with E-state index in [0.29, 0.717) is 17.3 Å². The fourth-order valence-corrected chi connectivity index (χ4v) is 3.35. The maximum absolute atomic E-state index is 11.5. The molecule has 0 aliphatic carbocycles. The predicted octanol–water partition coefficient (Wildman–Crippen LogP) is 3.16. The lowest BCUT2D eigenvalue weighted by Gasteiger charge is -2.09. The van der Waals surface area contributed by atoms with Crippen LogP contribution < -0.4 is 11.1 Å². The number of amides is 1. The van der Waals surface area contributed by atoms with Crippen molar-refractivity contribution in [1.29, 1.82) is 0 Å². The number of imidazole rings is 1. The molecule has 4 heterocycles. The maximum atomic E-state index is 11.5. The number of benzene rings is 1. The average Bonchev–Trinajstić information content (AvgIpc) is 3.38. The lowest BCUT2D eigenvalue weighted by atomic mass is 10.1. The number of fused-ring (bicyclic) bond motifs is 2. The summed E-state index contributed by atoms with van der Waals surface area (Å²) in [6, 6.07) is 12.0. The Morgan fingerprint density at radius 2 is 2.10 bits per heavy atom. The van der Waals surface area contributed by atoms with Gasteiger partial charge in [-0.25, -0.2) is 14.8 Å². The highest BCUT2D eigenvalue weighted by molar-refractivity contribution is 5.92. The minimum absolute atomic E-state index is 0.544. The number of carbonyl (C=O) groups excluding carboxylic acids is 1. The van der Waals surface area contributed by atoms with Crippen LogP contribution >= 0.6 is 0 Å². The zero-order chi connectivity index (χ0) is 20.1. The highest BCUT2D eigenvalue weighted by atomic mass is 16.2. The molecule has 4 N–H and O–H groups in total. The zero-order valence-corrected chi connectivity index (χ0v) is 15.8. The second-order valence-electron chi connectivity index (χ2n) is 6.85. The van der Waals surface area contributed by atoms with E-state index >= 15 is 0 Å². The number of hydrogen-bond donors (Lipinski definition) is 3. The first-order valence-electron chi connectivity index (χ1n) is 8.97. The summed E-state index contributed by atoms with van der Waals surface area (Å²) in [5.74, 6) is 1.26. The summed E-state index contributed by atoms with van der Waals surface area (Å²) in [5, 5.41) is 11.2. The number of hydrogen-bond acceptors (Lipinski definition) is 5. The molecule has 0 saturated heterocycles. The Morgan fingerprint density at radius 1 is 1.24 bits per heavy atom. The summed E-state index contributed by atoms with van der Waals surface area (Å²) >= 11 is 0. The molecule has 0 aliphatic heterocycles. The van der Waals surface area contributed by atoms with Crippen LogP contribution in [0.4, 0.5) is 16.6 Å². The number of rotatable bonds is 3. The Bertz CT molecular complexity index is 1390. The van der Waals surface area contributed by atoms with Crippen molar-refractivity contribution in [1.82, 2.24) is 29.1 Å². The molecule has 1 amide bonds. The van der Waals surface area contributed by atoms with Crippen molar-refractivity contribution in [3.05, 3.63) is 60.2 Å². The van der Waals surface area contributed by atoms with Crippen LogP contribution in [0.2, 0.25) is 0 Å². The lowest BCUT2D eigenvalue weighted by molar-refractivity contribution is 0.251. The molecule has 0 bridgehead atoms. The largest absolute Gasteiger partial charge is 0.351 e. The first-order valence-corrected chi connectivity index (χ1v) is 8.97. The van der Waals surface area contributed by atoms with Gasteiger partial charge in [0, 0.05) is 47.2 Å². The van der Waals surface area contributed by atoms with Crippen LogP contribution in [-0.2, 0) is 0 Å². The van der Waals surface area contributed by atoms with Crippen molar-refractivity contribution in [2.24, 2.45) is 5.73 Å². The minimum Gasteiger partial charge on any atom is -0.351 e. The fourth-order valence-electron chi connectivity index (χ4n) is 3.35. The van der Waals surface area contributed by atoms with E-state index in [0.717, 1.165) is 33.7 Å². The van der Waals surface area contributed by atoms with Crippen LogP contribution in [0, 0.1) is 19.9 Å². The van der Waals surface area contributed by atoms with E-state index in [4.69, 9.17) is 10.7 Å². The van der Waals surface area contributed by atoms with Crippen LogP contribution in [0.15, 0.2) is 42.7 Å². The van der Waals surface area contributed by atoms with Gasteiger partial charge in [-0.15, -0.1) is 0 Å². The van der Waals surface area contributed by atoms with Gasteiger partial charge in [-0.3, -0.25) is 14.1 Å². The molecular weight excluding hydrogens is 368 g/mol. The number of nitrogens with one attached hydrogen (secondary N) is 2. The summed E-state index contributed by atoms with van der Waals surface area (Å²) in [7, 11) is 0. The molecule has 0 unspecified atom stereocenters. The van der Waals surface area contributed by atoms with Crippen molar-refractivity contribution in [2.45, 2.75) is 13.8 Å². The molecule has 0 saturated carbocycles. The summed E-state index contributed by atoms with van der Waals surface area (Å²) in [4.78, 5) is 20.9. The van der Waals surface area contributed by atoms with Gasteiger partial charge in [-0.05, 0) is 32.0 Å². The van der Waals surface area contributed by atoms with Gasteiger partial charge in [-0.2, -0.15) is 5.10 Å². The number of primary amides is 1. The van der Waals surface area contributed by atoms with Crippen molar-refractivity contribution in [3.63, 3.8) is 0 Å². The van der Waals surface area contributed by atoms with Crippen LogP contribution in [0.25, 0.3) is 27.8 Å². The Morgan fingerprint density at radius 3 is 2.86 bits per heavy atom. The van der Waals surface area contributed by atoms with Crippen LogP contribution in [0.5, 0.6) is 0 Å². The average molecular weight is 385 g/mol. The number of anilines is 2. The zero-order valence-electron chi connectivity index (χ0n) is 15.8. The smallest absolute Gasteiger partial charge is 0.323 e. The third-order valence-electron chi connectivity index (χ3n) is 4.65. The number of aromatic amines is 1. The van der Waals surface area contributed by atoms with E-state index in [1.807, 2.05) is 48.7 Å². The number of nitrogens with zero attached hydrogens (tertiary/aromatic N) is 5. The Kier molecular flexibility index (Phi) is 3.63. The van der Waals surface area contributed by atoms with Gasteiger partial charge >= 0.3 is 6.03 Å². The third kappa shape index (κ3) is 2.89. The first kappa shape index (κ1) is 17.0. The molecule has 9 nitrogen and oxygen atoms in total. The number of nitrogens with two attached hydrogens (primary N) is 1. The molecule has 1 radical (unpaired) electrons. The number of H-pyrrole nitrogens is 1. The number of aromatic nitrogens is 6. The quantitative estimate of drug-likeness (QED) is 0.441. The minimum atomic E-state index is -0.544. The molecule has 5 aromatic rings. The fraction of sp³-hybridized carbons (Fsp3) is 0.100. The lowest BCUT2D eigenvalue weighted by Crippen LogP contribution is -2.18. The molecule has 0 spiro atoms. The monoisotopic (exact) mass is 385 g/mol. The summed E-state index contributed by atoms with van der Waals surface area (Å²) in [6.07, 6.45) is 3.55. The van der Waals surface area contributed by atoms with Crippen molar-refractivity contribution in [2.75, 3.05) is 5.32 Å². The molecule has 9 heteroatoms.